The Kier molecular flexibility index (Phi) is 7.95. The molecule has 0 N–H and O–H groups in total. The van der Waals surface area contributed by atoms with Crippen LogP contribution in [0.3, 0.4) is 0 Å². The number of hydrogen-bond donors (Lipinski definition) is 0. The fourth-order valence-electron chi connectivity index (χ4n) is 4.93. The molecule has 1 amide bonds. The van der Waals surface area contributed by atoms with Crippen LogP contribution in [0.25, 0.3) is 6.08 Å². The molecule has 5 nitrogen and oxygen atoms in total. The highest BCUT2D eigenvalue weighted by Crippen LogP contribution is 2.40. The van der Waals surface area contributed by atoms with Crippen molar-refractivity contribution in [2.24, 2.45) is 10.9 Å². The van der Waals surface area contributed by atoms with E-state index in [9.17, 15) is 4.79 Å². The van der Waals surface area contributed by atoms with Crippen LogP contribution in [0.1, 0.15) is 43.7 Å². The molecule has 2 aliphatic rings. The van der Waals surface area contributed by atoms with Gasteiger partial charge in [0.25, 0.3) is 5.91 Å². The van der Waals surface area contributed by atoms with Crippen LogP contribution in [-0.2, 0) is 11.4 Å². The molecule has 1 saturated heterocycles. The monoisotopic (exact) mass is 512 g/mol. The summed E-state index contributed by atoms with van der Waals surface area (Å²) < 4.78 is 11.6. The van der Waals surface area contributed by atoms with Crippen LogP contribution in [0.15, 0.2) is 88.8 Å². The molecule has 0 radical (unpaired) electrons. The fourth-order valence-corrected chi connectivity index (χ4v) is 5.98. The number of methoxy groups -OCH3 is 1. The Hall–Kier alpha value is -3.51. The van der Waals surface area contributed by atoms with E-state index in [0.29, 0.717) is 28.9 Å². The summed E-state index contributed by atoms with van der Waals surface area (Å²) in [5.74, 6) is 1.78. The average molecular weight is 513 g/mol. The molecule has 1 aliphatic carbocycles. The van der Waals surface area contributed by atoms with Crippen molar-refractivity contribution in [1.82, 2.24) is 4.90 Å². The summed E-state index contributed by atoms with van der Waals surface area (Å²) in [7, 11) is 1.63. The molecule has 1 heterocycles. The zero-order chi connectivity index (χ0) is 25.6. The van der Waals surface area contributed by atoms with E-state index in [1.165, 1.54) is 18.2 Å². The first-order valence-electron chi connectivity index (χ1n) is 12.8. The van der Waals surface area contributed by atoms with E-state index in [1.54, 1.807) is 7.11 Å². The lowest BCUT2D eigenvalue weighted by molar-refractivity contribution is -0.124. The quantitative estimate of drug-likeness (QED) is 0.308. The Bertz CT molecular complexity index is 1290. The van der Waals surface area contributed by atoms with E-state index in [2.05, 4.69) is 6.92 Å². The predicted octanol–water partition coefficient (Wildman–Crippen LogP) is 7.46. The van der Waals surface area contributed by atoms with Gasteiger partial charge in [-0.25, -0.2) is 4.99 Å². The summed E-state index contributed by atoms with van der Waals surface area (Å²) in [6.07, 6.45) is 6.45. The number of aliphatic imine (C=N–C) groups is 1. The molecule has 2 atom stereocenters. The van der Waals surface area contributed by atoms with Crippen molar-refractivity contribution in [2.75, 3.05) is 7.11 Å². The number of thioether (sulfide) groups is 1. The lowest BCUT2D eigenvalue weighted by Crippen LogP contribution is -2.44. The first-order valence-corrected chi connectivity index (χ1v) is 13.7. The molecule has 6 heteroatoms. The highest BCUT2D eigenvalue weighted by molar-refractivity contribution is 8.18. The third-order valence-corrected chi connectivity index (χ3v) is 7.92. The van der Waals surface area contributed by atoms with Crippen LogP contribution in [0.4, 0.5) is 5.69 Å². The molecular weight excluding hydrogens is 480 g/mol. The number of carbonyl (C=O) groups excluding carboxylic acids is 1. The second kappa shape index (κ2) is 11.7. The van der Waals surface area contributed by atoms with Gasteiger partial charge in [0, 0.05) is 6.04 Å². The minimum Gasteiger partial charge on any atom is -0.493 e. The predicted molar refractivity (Wildman–Crippen MR) is 151 cm³/mol. The minimum absolute atomic E-state index is 0.0294. The summed E-state index contributed by atoms with van der Waals surface area (Å²) in [4.78, 5) is 21.2. The minimum atomic E-state index is 0.0294. The van der Waals surface area contributed by atoms with Gasteiger partial charge in [0.2, 0.25) is 0 Å². The number of carbonyl (C=O) groups is 1. The number of para-hydroxylation sites is 1. The van der Waals surface area contributed by atoms with Crippen LogP contribution in [0.5, 0.6) is 11.5 Å². The molecule has 1 saturated carbocycles. The summed E-state index contributed by atoms with van der Waals surface area (Å²) in [5.41, 5.74) is 2.83. The number of ether oxygens (including phenoxy) is 2. The van der Waals surface area contributed by atoms with Gasteiger partial charge in [0.1, 0.15) is 6.61 Å². The van der Waals surface area contributed by atoms with Crippen molar-refractivity contribution in [3.05, 3.63) is 94.9 Å². The zero-order valence-corrected chi connectivity index (χ0v) is 22.1. The lowest BCUT2D eigenvalue weighted by atomic mass is 9.85. The maximum absolute atomic E-state index is 13.7. The van der Waals surface area contributed by atoms with Gasteiger partial charge in [-0.05, 0) is 72.0 Å². The highest BCUT2D eigenvalue weighted by Gasteiger charge is 2.41. The molecule has 3 aromatic carbocycles. The topological polar surface area (TPSA) is 51.1 Å². The molecule has 0 unspecified atom stereocenters. The third kappa shape index (κ3) is 5.91. The molecule has 190 valence electrons. The summed E-state index contributed by atoms with van der Waals surface area (Å²) >= 11 is 1.45. The van der Waals surface area contributed by atoms with Crippen LogP contribution in [-0.4, -0.2) is 29.1 Å². The second-order valence-corrected chi connectivity index (χ2v) is 10.5. The van der Waals surface area contributed by atoms with Gasteiger partial charge in [-0.15, -0.1) is 0 Å². The molecule has 5 rings (SSSR count). The summed E-state index contributed by atoms with van der Waals surface area (Å²) in [6.45, 7) is 2.71. The number of hydrogen-bond acceptors (Lipinski definition) is 5. The van der Waals surface area contributed by atoms with Crippen LogP contribution < -0.4 is 9.47 Å². The second-order valence-electron chi connectivity index (χ2n) is 9.53. The van der Waals surface area contributed by atoms with Crippen LogP contribution >= 0.6 is 11.8 Å². The van der Waals surface area contributed by atoms with Gasteiger partial charge >= 0.3 is 0 Å². The maximum atomic E-state index is 13.7. The Morgan fingerprint density at radius 1 is 0.973 bits per heavy atom. The molecule has 0 spiro atoms. The maximum Gasteiger partial charge on any atom is 0.267 e. The van der Waals surface area contributed by atoms with Crippen molar-refractivity contribution in [3.8, 4) is 11.5 Å². The molecule has 0 bridgehead atoms. The lowest BCUT2D eigenvalue weighted by Gasteiger charge is -2.35. The first kappa shape index (κ1) is 25.2. The highest BCUT2D eigenvalue weighted by atomic mass is 32.2. The Labute approximate surface area is 223 Å². The molecule has 3 aromatic rings. The first-order chi connectivity index (χ1) is 18.1. The number of rotatable bonds is 7. The average Bonchev–Trinajstić information content (AvgIpc) is 3.23. The van der Waals surface area contributed by atoms with Crippen molar-refractivity contribution in [2.45, 2.75) is 45.3 Å². The normalized spacial score (nSPS) is 22.0. The molecular formula is C31H32N2O3S. The Balaban J connectivity index is 1.42. The smallest absolute Gasteiger partial charge is 0.267 e. The summed E-state index contributed by atoms with van der Waals surface area (Å²) in [6, 6.07) is 25.9. The Morgan fingerprint density at radius 2 is 1.70 bits per heavy atom. The van der Waals surface area contributed by atoms with Crippen molar-refractivity contribution in [3.63, 3.8) is 0 Å². The van der Waals surface area contributed by atoms with Crippen LogP contribution in [0.2, 0.25) is 0 Å². The van der Waals surface area contributed by atoms with Crippen molar-refractivity contribution >= 4 is 34.6 Å². The molecule has 2 fully saturated rings. The standard InChI is InChI=1S/C31H32N2O3S/c1-22-11-9-10-16-26(22)33-30(34)29(37-31(33)32-25-14-7-4-8-15-25)20-24-17-18-27(28(19-24)35-2)36-21-23-12-5-3-6-13-23/h3-8,12-15,17-20,22,26H,9-11,16,21H2,1-2H3/b29-20-,32-31?/t22-,26-/m0/s1. The zero-order valence-electron chi connectivity index (χ0n) is 21.3. The van der Waals surface area contributed by atoms with Gasteiger partial charge in [-0.1, -0.05) is 74.4 Å². The van der Waals surface area contributed by atoms with Gasteiger partial charge in [0.15, 0.2) is 16.7 Å². The van der Waals surface area contributed by atoms with Gasteiger partial charge in [-0.3, -0.25) is 9.69 Å². The third-order valence-electron chi connectivity index (χ3n) is 6.94. The van der Waals surface area contributed by atoms with Gasteiger partial charge in [0.05, 0.1) is 17.7 Å². The van der Waals surface area contributed by atoms with E-state index in [4.69, 9.17) is 14.5 Å². The molecule has 1 aliphatic heterocycles. The van der Waals surface area contributed by atoms with Crippen molar-refractivity contribution < 1.29 is 14.3 Å². The number of nitrogens with zero attached hydrogens (tertiary/aromatic N) is 2. The van der Waals surface area contributed by atoms with E-state index < -0.39 is 0 Å². The largest absolute Gasteiger partial charge is 0.493 e. The van der Waals surface area contributed by atoms with Crippen molar-refractivity contribution in [1.29, 1.82) is 0 Å². The molecule has 37 heavy (non-hydrogen) atoms. The van der Waals surface area contributed by atoms with E-state index in [-0.39, 0.29) is 11.9 Å². The number of benzene rings is 3. The fraction of sp³-hybridized carbons (Fsp3) is 0.290. The van der Waals surface area contributed by atoms with Gasteiger partial charge < -0.3 is 9.47 Å². The SMILES string of the molecule is COc1cc(/C=C2\SC(=Nc3ccccc3)N([C@H]3CCCC[C@@H]3C)C2=O)ccc1OCc1ccccc1. The van der Waals surface area contributed by atoms with Crippen LogP contribution in [0, 0.1) is 5.92 Å². The molecule has 0 aromatic heterocycles. The van der Waals surface area contributed by atoms with E-state index >= 15 is 0 Å². The van der Waals surface area contributed by atoms with E-state index in [0.717, 1.165) is 41.2 Å². The van der Waals surface area contributed by atoms with E-state index in [1.807, 2.05) is 89.8 Å². The van der Waals surface area contributed by atoms with Gasteiger partial charge in [-0.2, -0.15) is 0 Å². The summed E-state index contributed by atoms with van der Waals surface area (Å²) in [5, 5.41) is 0.760. The number of amidine groups is 1. The Morgan fingerprint density at radius 3 is 2.43 bits per heavy atom. The number of amides is 1.